The van der Waals surface area contributed by atoms with Crippen LogP contribution in [0.25, 0.3) is 0 Å². The topological polar surface area (TPSA) is 84.7 Å². The molecule has 6 heteroatoms. The molecule has 5 aliphatic rings. The molecular formula is C27H37N3O3. The van der Waals surface area contributed by atoms with Crippen LogP contribution in [0.4, 0.5) is 0 Å². The van der Waals surface area contributed by atoms with Gasteiger partial charge in [-0.15, -0.1) is 0 Å². The lowest BCUT2D eigenvalue weighted by molar-refractivity contribution is -0.141. The van der Waals surface area contributed by atoms with E-state index in [0.29, 0.717) is 36.3 Å². The summed E-state index contributed by atoms with van der Waals surface area (Å²) in [5.41, 5.74) is 7.24. The van der Waals surface area contributed by atoms with Crippen LogP contribution in [0, 0.1) is 28.6 Å². The van der Waals surface area contributed by atoms with Gasteiger partial charge in [-0.1, -0.05) is 30.3 Å². The van der Waals surface area contributed by atoms with Crippen LogP contribution in [-0.2, 0) is 14.3 Å². The summed E-state index contributed by atoms with van der Waals surface area (Å²) in [6.07, 6.45) is 7.03. The van der Waals surface area contributed by atoms with Gasteiger partial charge in [0.1, 0.15) is 6.10 Å². The summed E-state index contributed by atoms with van der Waals surface area (Å²) in [5.74, 6) is 1.74. The van der Waals surface area contributed by atoms with Gasteiger partial charge in [-0.05, 0) is 80.6 Å². The SMILES string of the molecule is CC(c1ccccc1)N1CCO[C@@H](C(=O)N[C@H]2CC3CC4CC35C[C@@](C(N)=O)(C4)CC5C2)C1. The molecule has 5 unspecified atom stereocenters. The van der Waals surface area contributed by atoms with Crippen LogP contribution < -0.4 is 11.1 Å². The number of amides is 2. The highest BCUT2D eigenvalue weighted by molar-refractivity contribution is 5.82. The van der Waals surface area contributed by atoms with Crippen LogP contribution in [-0.4, -0.2) is 48.6 Å². The van der Waals surface area contributed by atoms with Gasteiger partial charge in [0.2, 0.25) is 5.91 Å². The Kier molecular flexibility index (Phi) is 5.11. The van der Waals surface area contributed by atoms with E-state index >= 15 is 0 Å². The van der Waals surface area contributed by atoms with Gasteiger partial charge < -0.3 is 15.8 Å². The molecule has 1 aliphatic heterocycles. The van der Waals surface area contributed by atoms with Crippen molar-refractivity contribution in [3.05, 3.63) is 35.9 Å². The molecule has 1 aromatic carbocycles. The largest absolute Gasteiger partial charge is 0.369 e. The summed E-state index contributed by atoms with van der Waals surface area (Å²) in [4.78, 5) is 28.0. The predicted molar refractivity (Wildman–Crippen MR) is 125 cm³/mol. The van der Waals surface area contributed by atoms with Gasteiger partial charge in [0, 0.05) is 25.2 Å². The number of rotatable bonds is 5. The molecule has 1 heterocycles. The third kappa shape index (κ3) is 3.44. The second-order valence-corrected chi connectivity index (χ2v) is 11.8. The van der Waals surface area contributed by atoms with E-state index in [1.165, 1.54) is 18.4 Å². The number of nitrogens with two attached hydrogens (primary N) is 1. The Balaban J connectivity index is 1.11. The third-order valence-corrected chi connectivity index (χ3v) is 10.1. The molecule has 0 radical (unpaired) electrons. The van der Waals surface area contributed by atoms with Gasteiger partial charge in [-0.3, -0.25) is 14.5 Å². The summed E-state index contributed by atoms with van der Waals surface area (Å²) in [6.45, 7) is 4.25. The van der Waals surface area contributed by atoms with E-state index in [1.54, 1.807) is 0 Å². The van der Waals surface area contributed by atoms with Crippen molar-refractivity contribution in [3.8, 4) is 0 Å². The number of primary amides is 1. The zero-order valence-corrected chi connectivity index (χ0v) is 19.7. The molecule has 8 atom stereocenters. The van der Waals surface area contributed by atoms with E-state index in [1.807, 2.05) is 6.07 Å². The number of nitrogens with zero attached hydrogens (tertiary/aromatic N) is 1. The summed E-state index contributed by atoms with van der Waals surface area (Å²) < 4.78 is 5.93. The third-order valence-electron chi connectivity index (χ3n) is 10.1. The molecule has 6 rings (SSSR count). The lowest BCUT2D eigenvalue weighted by Gasteiger charge is -2.46. The number of hydrogen-bond donors (Lipinski definition) is 2. The molecule has 178 valence electrons. The zero-order chi connectivity index (χ0) is 22.8. The highest BCUT2D eigenvalue weighted by Gasteiger charge is 2.68. The van der Waals surface area contributed by atoms with Crippen molar-refractivity contribution >= 4 is 11.8 Å². The first-order valence-corrected chi connectivity index (χ1v) is 12.9. The zero-order valence-electron chi connectivity index (χ0n) is 19.7. The number of hydrogen-bond acceptors (Lipinski definition) is 4. The van der Waals surface area contributed by atoms with Gasteiger partial charge in [-0.25, -0.2) is 0 Å². The van der Waals surface area contributed by atoms with E-state index in [-0.39, 0.29) is 29.3 Å². The minimum Gasteiger partial charge on any atom is -0.369 e. The molecule has 33 heavy (non-hydrogen) atoms. The van der Waals surface area contributed by atoms with Crippen molar-refractivity contribution < 1.29 is 14.3 Å². The summed E-state index contributed by atoms with van der Waals surface area (Å²) >= 11 is 0. The number of nitrogens with one attached hydrogen (secondary N) is 1. The van der Waals surface area contributed by atoms with Crippen molar-refractivity contribution in [1.82, 2.24) is 10.2 Å². The molecule has 1 spiro atoms. The van der Waals surface area contributed by atoms with Gasteiger partial charge >= 0.3 is 0 Å². The molecule has 1 saturated heterocycles. The standard InChI is InChI=1S/C27H37N3O3/c1-17(19-5-3-2-4-6-19)30-7-8-33-23(15-30)24(31)29-22-10-20-9-18-12-26(25(28)32)14-21(11-22)27(20,13-18)16-26/h2-6,17-18,20-23H,7-16H2,1H3,(H2,28,32)(H,29,31)/t17?,18?,20?,21?,22-,23+,26+,27?/m0/s1. The molecule has 4 aliphatic carbocycles. The second kappa shape index (κ2) is 7.81. The fourth-order valence-corrected chi connectivity index (χ4v) is 8.78. The van der Waals surface area contributed by atoms with Gasteiger partial charge in [0.05, 0.1) is 12.0 Å². The molecule has 1 aromatic rings. The van der Waals surface area contributed by atoms with Crippen molar-refractivity contribution in [2.45, 2.75) is 70.1 Å². The molecule has 4 saturated carbocycles. The molecule has 6 nitrogen and oxygen atoms in total. The average molecular weight is 452 g/mol. The number of benzene rings is 1. The Hall–Kier alpha value is -1.92. The number of ether oxygens (including phenoxy) is 1. The lowest BCUT2D eigenvalue weighted by atomic mass is 9.60. The van der Waals surface area contributed by atoms with Gasteiger partial charge in [0.15, 0.2) is 0 Å². The first-order chi connectivity index (χ1) is 15.9. The minimum atomic E-state index is -0.422. The van der Waals surface area contributed by atoms with Gasteiger partial charge in [-0.2, -0.15) is 0 Å². The Morgan fingerprint density at radius 3 is 2.70 bits per heavy atom. The van der Waals surface area contributed by atoms with Crippen LogP contribution in [0.15, 0.2) is 30.3 Å². The van der Waals surface area contributed by atoms with Crippen molar-refractivity contribution in [3.63, 3.8) is 0 Å². The molecule has 3 N–H and O–H groups in total. The average Bonchev–Trinajstić information content (AvgIpc) is 3.24. The van der Waals surface area contributed by atoms with Crippen molar-refractivity contribution in [2.24, 2.45) is 34.3 Å². The lowest BCUT2D eigenvalue weighted by Crippen LogP contribution is -2.54. The first kappa shape index (κ1) is 21.6. The normalized spacial score (nSPS) is 42.6. The molecular weight excluding hydrogens is 414 g/mol. The maximum absolute atomic E-state index is 13.3. The smallest absolute Gasteiger partial charge is 0.250 e. The molecule has 5 fully saturated rings. The monoisotopic (exact) mass is 451 g/mol. The Morgan fingerprint density at radius 2 is 1.91 bits per heavy atom. The molecule has 3 bridgehead atoms. The van der Waals surface area contributed by atoms with E-state index in [4.69, 9.17) is 10.5 Å². The Labute approximate surface area is 196 Å². The highest BCUT2D eigenvalue weighted by Crippen LogP contribution is 2.74. The maximum atomic E-state index is 13.3. The fraction of sp³-hybridized carbons (Fsp3) is 0.704. The maximum Gasteiger partial charge on any atom is 0.250 e. The van der Waals surface area contributed by atoms with E-state index in [9.17, 15) is 9.59 Å². The Bertz CT molecular complexity index is 938. The number of carbonyl (C=O) groups is 2. The van der Waals surface area contributed by atoms with Gasteiger partial charge in [0.25, 0.3) is 5.91 Å². The van der Waals surface area contributed by atoms with Crippen molar-refractivity contribution in [2.75, 3.05) is 19.7 Å². The Morgan fingerprint density at radius 1 is 1.12 bits per heavy atom. The first-order valence-electron chi connectivity index (χ1n) is 12.9. The van der Waals surface area contributed by atoms with Crippen LogP contribution in [0.1, 0.15) is 63.5 Å². The number of carbonyl (C=O) groups excluding carboxylic acids is 2. The number of fused-ring (bicyclic) bond motifs is 2. The second-order valence-electron chi connectivity index (χ2n) is 11.8. The van der Waals surface area contributed by atoms with Crippen LogP contribution in [0.3, 0.4) is 0 Å². The van der Waals surface area contributed by atoms with E-state index in [0.717, 1.165) is 38.6 Å². The van der Waals surface area contributed by atoms with E-state index in [2.05, 4.69) is 41.4 Å². The predicted octanol–water partition coefficient (Wildman–Crippen LogP) is 3.03. The van der Waals surface area contributed by atoms with Crippen LogP contribution in [0.2, 0.25) is 0 Å². The summed E-state index contributed by atoms with van der Waals surface area (Å²) in [7, 11) is 0. The fourth-order valence-electron chi connectivity index (χ4n) is 8.78. The minimum absolute atomic E-state index is 0.0308. The summed E-state index contributed by atoms with van der Waals surface area (Å²) in [5, 5.41) is 3.37. The number of morpholine rings is 1. The van der Waals surface area contributed by atoms with Crippen molar-refractivity contribution in [1.29, 1.82) is 0 Å². The summed E-state index contributed by atoms with van der Waals surface area (Å²) in [6, 6.07) is 10.9. The quantitative estimate of drug-likeness (QED) is 0.721. The molecule has 2 amide bonds. The van der Waals surface area contributed by atoms with Crippen LogP contribution >= 0.6 is 0 Å². The molecule has 0 aromatic heterocycles. The highest BCUT2D eigenvalue weighted by atomic mass is 16.5. The van der Waals surface area contributed by atoms with Crippen LogP contribution in [0.5, 0.6) is 0 Å². The van der Waals surface area contributed by atoms with E-state index < -0.39 is 6.10 Å².